The fourth-order valence-corrected chi connectivity index (χ4v) is 1.08. The van der Waals surface area contributed by atoms with Gasteiger partial charge in [0.1, 0.15) is 0 Å². The monoisotopic (exact) mass is 254 g/mol. The molecule has 16 heavy (non-hydrogen) atoms. The Kier molecular flexibility index (Phi) is 14.3. The molecule has 6 heteroatoms. The van der Waals surface area contributed by atoms with Gasteiger partial charge < -0.3 is 19.7 Å². The van der Waals surface area contributed by atoms with Crippen LogP contribution in [-0.2, 0) is 14.3 Å². The minimum Gasteiger partial charge on any atom is -0.385 e. The highest BCUT2D eigenvalue weighted by Crippen LogP contribution is 1.88. The Labute approximate surface area is 104 Å². The number of carbonyl (C=O) groups is 1. The van der Waals surface area contributed by atoms with Crippen LogP contribution in [0.1, 0.15) is 6.42 Å². The van der Waals surface area contributed by atoms with Crippen molar-refractivity contribution in [3.8, 4) is 0 Å². The van der Waals surface area contributed by atoms with Gasteiger partial charge in [-0.25, -0.2) is 0 Å². The SMILES string of the molecule is COCCCN(C)C(=O)CNCCOC.Cl. The number of nitrogens with zero attached hydrogens (tertiary/aromatic N) is 1. The highest BCUT2D eigenvalue weighted by atomic mass is 35.5. The maximum atomic E-state index is 11.5. The molecule has 0 fully saturated rings. The normalized spacial score (nSPS) is 9.69. The van der Waals surface area contributed by atoms with Gasteiger partial charge in [-0.05, 0) is 6.42 Å². The Bertz CT molecular complexity index is 170. The standard InChI is InChI=1S/C10H22N2O3.ClH/c1-12(6-4-7-14-2)10(13)9-11-5-8-15-3;/h11H,4-9H2,1-3H3;1H. The molecule has 0 rings (SSSR count). The molecule has 0 aromatic rings. The van der Waals surface area contributed by atoms with Gasteiger partial charge in [-0.2, -0.15) is 0 Å². The number of likely N-dealkylation sites (N-methyl/N-ethyl adjacent to an activating group) is 1. The zero-order valence-corrected chi connectivity index (χ0v) is 11.1. The highest BCUT2D eigenvalue weighted by Gasteiger charge is 2.06. The fourth-order valence-electron chi connectivity index (χ4n) is 1.08. The minimum absolute atomic E-state index is 0. The molecule has 0 spiro atoms. The molecule has 0 radical (unpaired) electrons. The largest absolute Gasteiger partial charge is 0.385 e. The number of ether oxygens (including phenoxy) is 2. The van der Waals surface area contributed by atoms with E-state index in [1.807, 2.05) is 0 Å². The summed E-state index contributed by atoms with van der Waals surface area (Å²) in [5.41, 5.74) is 0. The Morgan fingerprint density at radius 2 is 1.88 bits per heavy atom. The average molecular weight is 255 g/mol. The van der Waals surface area contributed by atoms with Crippen molar-refractivity contribution in [2.45, 2.75) is 6.42 Å². The number of halogens is 1. The summed E-state index contributed by atoms with van der Waals surface area (Å²) in [5.74, 6) is 0.0993. The summed E-state index contributed by atoms with van der Waals surface area (Å²) in [7, 11) is 5.10. The lowest BCUT2D eigenvalue weighted by Crippen LogP contribution is -2.37. The Balaban J connectivity index is 0. The van der Waals surface area contributed by atoms with Crippen molar-refractivity contribution in [3.05, 3.63) is 0 Å². The topological polar surface area (TPSA) is 50.8 Å². The fraction of sp³-hybridized carbons (Fsp3) is 0.900. The number of amides is 1. The van der Waals surface area contributed by atoms with Crippen molar-refractivity contribution in [1.29, 1.82) is 0 Å². The van der Waals surface area contributed by atoms with Gasteiger partial charge in [-0.1, -0.05) is 0 Å². The second-order valence-corrected chi connectivity index (χ2v) is 3.33. The molecule has 0 aromatic carbocycles. The lowest BCUT2D eigenvalue weighted by molar-refractivity contribution is -0.129. The first-order valence-electron chi connectivity index (χ1n) is 5.15. The highest BCUT2D eigenvalue weighted by molar-refractivity contribution is 5.85. The third-order valence-corrected chi connectivity index (χ3v) is 2.03. The summed E-state index contributed by atoms with van der Waals surface area (Å²) in [6, 6.07) is 0. The van der Waals surface area contributed by atoms with Crippen molar-refractivity contribution in [2.24, 2.45) is 0 Å². The van der Waals surface area contributed by atoms with Crippen LogP contribution < -0.4 is 5.32 Å². The molecule has 0 bridgehead atoms. The average Bonchev–Trinajstić information content (AvgIpc) is 2.24. The number of nitrogens with one attached hydrogen (secondary N) is 1. The first-order valence-corrected chi connectivity index (χ1v) is 5.15. The quantitative estimate of drug-likeness (QED) is 0.595. The molecule has 1 N–H and O–H groups in total. The van der Waals surface area contributed by atoms with Crippen LogP contribution in [0.4, 0.5) is 0 Å². The molecule has 5 nitrogen and oxygen atoms in total. The molecular weight excluding hydrogens is 232 g/mol. The van der Waals surface area contributed by atoms with Gasteiger partial charge in [-0.3, -0.25) is 4.79 Å². The Morgan fingerprint density at radius 1 is 1.25 bits per heavy atom. The van der Waals surface area contributed by atoms with Gasteiger partial charge in [-0.15, -0.1) is 12.4 Å². The van der Waals surface area contributed by atoms with Crippen LogP contribution in [0.5, 0.6) is 0 Å². The first kappa shape index (κ1) is 18.0. The van der Waals surface area contributed by atoms with Crippen molar-refractivity contribution < 1.29 is 14.3 Å². The Hall–Kier alpha value is -0.360. The molecule has 0 saturated carbocycles. The molecule has 0 aliphatic carbocycles. The van der Waals surface area contributed by atoms with Crippen LogP contribution in [0, 0.1) is 0 Å². The number of rotatable bonds is 9. The molecule has 0 heterocycles. The number of carbonyl (C=O) groups excluding carboxylic acids is 1. The summed E-state index contributed by atoms with van der Waals surface area (Å²) >= 11 is 0. The molecule has 0 atom stereocenters. The van der Waals surface area contributed by atoms with Crippen LogP contribution in [0.2, 0.25) is 0 Å². The van der Waals surface area contributed by atoms with E-state index in [1.54, 1.807) is 26.2 Å². The molecular formula is C10H23ClN2O3. The second kappa shape index (κ2) is 12.7. The van der Waals surface area contributed by atoms with Gasteiger partial charge in [0.2, 0.25) is 5.91 Å². The summed E-state index contributed by atoms with van der Waals surface area (Å²) in [6.07, 6.45) is 0.872. The van der Waals surface area contributed by atoms with Gasteiger partial charge in [0.15, 0.2) is 0 Å². The van der Waals surface area contributed by atoms with Crippen molar-refractivity contribution >= 4 is 18.3 Å². The van der Waals surface area contributed by atoms with Crippen molar-refractivity contribution in [1.82, 2.24) is 10.2 Å². The smallest absolute Gasteiger partial charge is 0.236 e. The predicted octanol–water partition coefficient (Wildman–Crippen LogP) is 0.139. The van der Waals surface area contributed by atoms with Crippen LogP contribution >= 0.6 is 12.4 Å². The maximum absolute atomic E-state index is 11.5. The van der Waals surface area contributed by atoms with E-state index >= 15 is 0 Å². The summed E-state index contributed by atoms with van der Waals surface area (Å²) in [4.78, 5) is 13.2. The van der Waals surface area contributed by atoms with Gasteiger partial charge in [0.05, 0.1) is 13.2 Å². The van der Waals surface area contributed by atoms with Gasteiger partial charge >= 0.3 is 0 Å². The zero-order valence-electron chi connectivity index (χ0n) is 10.3. The van der Waals surface area contributed by atoms with Crippen molar-refractivity contribution in [2.75, 3.05) is 54.1 Å². The second-order valence-electron chi connectivity index (χ2n) is 3.33. The number of methoxy groups -OCH3 is 2. The van der Waals surface area contributed by atoms with E-state index in [9.17, 15) is 4.79 Å². The molecule has 0 unspecified atom stereocenters. The molecule has 0 aliphatic rings. The maximum Gasteiger partial charge on any atom is 0.236 e. The predicted molar refractivity (Wildman–Crippen MR) is 66.1 cm³/mol. The van der Waals surface area contributed by atoms with Crippen LogP contribution in [-0.4, -0.2) is 64.9 Å². The van der Waals surface area contributed by atoms with E-state index in [4.69, 9.17) is 9.47 Å². The first-order chi connectivity index (χ1) is 7.22. The third kappa shape index (κ3) is 10.2. The van der Waals surface area contributed by atoms with E-state index in [2.05, 4.69) is 5.32 Å². The molecule has 98 valence electrons. The number of hydrogen-bond acceptors (Lipinski definition) is 4. The van der Waals surface area contributed by atoms with E-state index in [0.717, 1.165) is 13.0 Å². The number of hydrogen-bond donors (Lipinski definition) is 1. The van der Waals surface area contributed by atoms with Gasteiger partial charge in [0.25, 0.3) is 0 Å². The van der Waals surface area contributed by atoms with Gasteiger partial charge in [0, 0.05) is 41.0 Å². The summed E-state index contributed by atoms with van der Waals surface area (Å²) < 4.78 is 9.77. The third-order valence-electron chi connectivity index (χ3n) is 2.03. The molecule has 1 amide bonds. The lowest BCUT2D eigenvalue weighted by Gasteiger charge is -2.17. The van der Waals surface area contributed by atoms with Crippen LogP contribution in [0.15, 0.2) is 0 Å². The lowest BCUT2D eigenvalue weighted by atomic mass is 10.4. The van der Waals surface area contributed by atoms with Crippen LogP contribution in [0.25, 0.3) is 0 Å². The molecule has 0 aromatic heterocycles. The van der Waals surface area contributed by atoms with Crippen molar-refractivity contribution in [3.63, 3.8) is 0 Å². The van der Waals surface area contributed by atoms with Crippen LogP contribution in [0.3, 0.4) is 0 Å². The summed E-state index contributed by atoms with van der Waals surface area (Å²) in [6.45, 7) is 3.12. The zero-order chi connectivity index (χ0) is 11.5. The van der Waals surface area contributed by atoms with E-state index in [-0.39, 0.29) is 18.3 Å². The summed E-state index contributed by atoms with van der Waals surface area (Å²) in [5, 5.41) is 3.01. The molecule has 0 saturated heterocycles. The van der Waals surface area contributed by atoms with E-state index in [1.165, 1.54) is 0 Å². The minimum atomic E-state index is 0. The Morgan fingerprint density at radius 3 is 2.44 bits per heavy atom. The van der Waals surface area contributed by atoms with E-state index in [0.29, 0.717) is 26.3 Å². The molecule has 0 aliphatic heterocycles. The van der Waals surface area contributed by atoms with E-state index < -0.39 is 0 Å².